The van der Waals surface area contributed by atoms with Crippen molar-refractivity contribution in [1.82, 2.24) is 4.37 Å². The highest BCUT2D eigenvalue weighted by atomic mass is 32.1. The zero-order valence-electron chi connectivity index (χ0n) is 13.1. The molecule has 0 atom stereocenters. The number of aromatic nitrogens is 1. The molecule has 7 nitrogen and oxygen atoms in total. The van der Waals surface area contributed by atoms with E-state index >= 15 is 0 Å². The molecule has 0 bridgehead atoms. The van der Waals surface area contributed by atoms with Crippen molar-refractivity contribution in [3.8, 4) is 0 Å². The standard InChI is InChI=1S/C15H18N4O3S/c1-4-22-15(21)18-11-7-5-10(6-8-11)17-13(20)12-9(2)19-23-14(12)16-3/h5-8,16H,4H2,1-3H3,(H,17,20)(H,18,21). The van der Waals surface area contributed by atoms with Crippen LogP contribution >= 0.6 is 11.5 Å². The zero-order chi connectivity index (χ0) is 16.8. The molecule has 122 valence electrons. The van der Waals surface area contributed by atoms with Crippen LogP contribution in [0, 0.1) is 6.92 Å². The molecule has 0 fully saturated rings. The molecular formula is C15H18N4O3S. The van der Waals surface area contributed by atoms with Crippen molar-refractivity contribution in [3.05, 3.63) is 35.5 Å². The van der Waals surface area contributed by atoms with Gasteiger partial charge < -0.3 is 15.4 Å². The maximum absolute atomic E-state index is 12.3. The Morgan fingerprint density at radius 2 is 1.78 bits per heavy atom. The van der Waals surface area contributed by atoms with Crippen LogP contribution in [0.2, 0.25) is 0 Å². The minimum atomic E-state index is -0.511. The van der Waals surface area contributed by atoms with Crippen LogP contribution in [0.1, 0.15) is 23.0 Å². The lowest BCUT2D eigenvalue weighted by Crippen LogP contribution is -2.15. The van der Waals surface area contributed by atoms with E-state index in [9.17, 15) is 9.59 Å². The van der Waals surface area contributed by atoms with E-state index in [1.54, 1.807) is 45.2 Å². The van der Waals surface area contributed by atoms with Gasteiger partial charge in [-0.1, -0.05) is 0 Å². The molecule has 1 aromatic carbocycles. The summed E-state index contributed by atoms with van der Waals surface area (Å²) >= 11 is 1.25. The average Bonchev–Trinajstić information content (AvgIpc) is 2.90. The Balaban J connectivity index is 2.04. The van der Waals surface area contributed by atoms with E-state index in [0.29, 0.717) is 29.2 Å². The summed E-state index contributed by atoms with van der Waals surface area (Å²) in [4.78, 5) is 23.7. The van der Waals surface area contributed by atoms with Gasteiger partial charge in [0, 0.05) is 18.4 Å². The number of rotatable bonds is 5. The van der Waals surface area contributed by atoms with Gasteiger partial charge in [-0.3, -0.25) is 10.1 Å². The summed E-state index contributed by atoms with van der Waals surface area (Å²) in [5, 5.41) is 9.08. The third-order valence-corrected chi connectivity index (χ3v) is 3.94. The second-order valence-corrected chi connectivity index (χ2v) is 5.37. The van der Waals surface area contributed by atoms with Crippen LogP contribution in [-0.2, 0) is 4.74 Å². The molecule has 2 amide bonds. The second kappa shape index (κ2) is 7.59. The summed E-state index contributed by atoms with van der Waals surface area (Å²) in [7, 11) is 1.75. The van der Waals surface area contributed by atoms with Gasteiger partial charge in [0.05, 0.1) is 17.9 Å². The summed E-state index contributed by atoms with van der Waals surface area (Å²) in [5.41, 5.74) is 2.42. The Morgan fingerprint density at radius 3 is 2.35 bits per heavy atom. The number of benzene rings is 1. The van der Waals surface area contributed by atoms with Crippen LogP contribution in [0.4, 0.5) is 21.2 Å². The summed E-state index contributed by atoms with van der Waals surface area (Å²) in [6.45, 7) is 3.83. The molecule has 3 N–H and O–H groups in total. The van der Waals surface area contributed by atoms with Gasteiger partial charge in [-0.25, -0.2) is 4.79 Å². The van der Waals surface area contributed by atoms with Crippen molar-refractivity contribution in [1.29, 1.82) is 0 Å². The van der Waals surface area contributed by atoms with Crippen molar-refractivity contribution in [3.63, 3.8) is 0 Å². The van der Waals surface area contributed by atoms with Crippen LogP contribution in [0.3, 0.4) is 0 Å². The van der Waals surface area contributed by atoms with E-state index in [1.165, 1.54) is 11.5 Å². The highest BCUT2D eigenvalue weighted by Gasteiger charge is 2.17. The van der Waals surface area contributed by atoms with Crippen molar-refractivity contribution in [2.24, 2.45) is 0 Å². The van der Waals surface area contributed by atoms with Gasteiger partial charge >= 0.3 is 6.09 Å². The number of carbonyl (C=O) groups is 2. The van der Waals surface area contributed by atoms with Gasteiger partial charge in [0.25, 0.3) is 5.91 Å². The molecule has 23 heavy (non-hydrogen) atoms. The summed E-state index contributed by atoms with van der Waals surface area (Å²) < 4.78 is 8.97. The second-order valence-electron chi connectivity index (χ2n) is 4.60. The Bertz CT molecular complexity index is 697. The van der Waals surface area contributed by atoms with Crippen molar-refractivity contribution < 1.29 is 14.3 Å². The average molecular weight is 334 g/mol. The first-order valence-electron chi connectivity index (χ1n) is 7.04. The molecule has 0 saturated heterocycles. The van der Waals surface area contributed by atoms with Gasteiger partial charge in [0.2, 0.25) is 0 Å². The summed E-state index contributed by atoms with van der Waals surface area (Å²) in [6.07, 6.45) is -0.511. The number of ether oxygens (including phenoxy) is 1. The number of hydrogen-bond acceptors (Lipinski definition) is 6. The number of nitrogens with one attached hydrogen (secondary N) is 3. The molecule has 0 saturated carbocycles. The molecule has 8 heteroatoms. The molecule has 0 aliphatic heterocycles. The fourth-order valence-corrected chi connectivity index (χ4v) is 2.67. The third kappa shape index (κ3) is 4.19. The lowest BCUT2D eigenvalue weighted by molar-refractivity contribution is 0.102. The molecule has 2 aromatic rings. The third-order valence-electron chi connectivity index (χ3n) is 2.98. The Morgan fingerprint density at radius 1 is 1.17 bits per heavy atom. The molecule has 0 aliphatic rings. The van der Waals surface area contributed by atoms with E-state index in [2.05, 4.69) is 20.3 Å². The SMILES string of the molecule is CCOC(=O)Nc1ccc(NC(=O)c2c(C)nsc2NC)cc1. The highest BCUT2D eigenvalue weighted by molar-refractivity contribution is 7.10. The van der Waals surface area contributed by atoms with E-state index in [-0.39, 0.29) is 5.91 Å². The lowest BCUT2D eigenvalue weighted by Gasteiger charge is -2.08. The zero-order valence-corrected chi connectivity index (χ0v) is 13.9. The number of anilines is 3. The van der Waals surface area contributed by atoms with Gasteiger partial charge in [-0.05, 0) is 49.6 Å². The van der Waals surface area contributed by atoms with Crippen LogP contribution in [0.15, 0.2) is 24.3 Å². The van der Waals surface area contributed by atoms with Gasteiger partial charge in [0.1, 0.15) is 5.00 Å². The molecule has 1 heterocycles. The van der Waals surface area contributed by atoms with Crippen LogP contribution in [-0.4, -0.2) is 30.0 Å². The first-order valence-corrected chi connectivity index (χ1v) is 7.81. The van der Waals surface area contributed by atoms with Gasteiger partial charge in [0.15, 0.2) is 0 Å². The minimum absolute atomic E-state index is 0.230. The number of aryl methyl sites for hydroxylation is 1. The molecule has 1 aromatic heterocycles. The Labute approximate surface area is 138 Å². The van der Waals surface area contributed by atoms with Crippen molar-refractivity contribution in [2.45, 2.75) is 13.8 Å². The topological polar surface area (TPSA) is 92.4 Å². The first-order chi connectivity index (χ1) is 11.0. The molecule has 0 radical (unpaired) electrons. The maximum atomic E-state index is 12.3. The fourth-order valence-electron chi connectivity index (χ4n) is 1.92. The van der Waals surface area contributed by atoms with Crippen LogP contribution in [0.5, 0.6) is 0 Å². The van der Waals surface area contributed by atoms with Gasteiger partial charge in [-0.2, -0.15) is 4.37 Å². The van der Waals surface area contributed by atoms with Crippen LogP contribution in [0.25, 0.3) is 0 Å². The molecule has 0 aliphatic carbocycles. The lowest BCUT2D eigenvalue weighted by atomic mass is 10.2. The Kier molecular flexibility index (Phi) is 5.53. The number of nitrogens with zero attached hydrogens (tertiary/aromatic N) is 1. The van der Waals surface area contributed by atoms with E-state index in [4.69, 9.17) is 4.74 Å². The molecule has 0 unspecified atom stereocenters. The van der Waals surface area contributed by atoms with E-state index in [1.807, 2.05) is 0 Å². The monoisotopic (exact) mass is 334 g/mol. The van der Waals surface area contributed by atoms with Crippen LogP contribution < -0.4 is 16.0 Å². The maximum Gasteiger partial charge on any atom is 0.411 e. The minimum Gasteiger partial charge on any atom is -0.450 e. The largest absolute Gasteiger partial charge is 0.450 e. The van der Waals surface area contributed by atoms with E-state index < -0.39 is 6.09 Å². The fraction of sp³-hybridized carbons (Fsp3) is 0.267. The predicted octanol–water partition coefficient (Wildman–Crippen LogP) is 3.31. The molecular weight excluding hydrogens is 316 g/mol. The normalized spacial score (nSPS) is 10.0. The number of carbonyl (C=O) groups excluding carboxylic acids is 2. The quantitative estimate of drug-likeness (QED) is 0.780. The predicted molar refractivity (Wildman–Crippen MR) is 91.4 cm³/mol. The first kappa shape index (κ1) is 16.8. The molecule has 0 spiro atoms. The summed E-state index contributed by atoms with van der Waals surface area (Å²) in [5.74, 6) is -0.230. The van der Waals surface area contributed by atoms with Crippen molar-refractivity contribution in [2.75, 3.05) is 29.6 Å². The van der Waals surface area contributed by atoms with E-state index in [0.717, 1.165) is 5.00 Å². The summed E-state index contributed by atoms with van der Waals surface area (Å²) in [6, 6.07) is 6.77. The smallest absolute Gasteiger partial charge is 0.411 e. The van der Waals surface area contributed by atoms with Crippen molar-refractivity contribution >= 4 is 39.9 Å². The van der Waals surface area contributed by atoms with Gasteiger partial charge in [-0.15, -0.1) is 0 Å². The number of amides is 2. The Hall–Kier alpha value is -2.61. The highest BCUT2D eigenvalue weighted by Crippen LogP contribution is 2.25. The number of hydrogen-bond donors (Lipinski definition) is 3. The molecule has 2 rings (SSSR count).